The Balaban J connectivity index is 2.69. The van der Waals surface area contributed by atoms with Crippen molar-refractivity contribution in [2.75, 3.05) is 0 Å². The molecule has 2 N–H and O–H groups in total. The Bertz CT molecular complexity index is 393. The largest absolute Gasteiger partial charge is 0.511 e. The van der Waals surface area contributed by atoms with Gasteiger partial charge in [-0.25, -0.2) is 4.79 Å². The summed E-state index contributed by atoms with van der Waals surface area (Å²) < 4.78 is 4.71. The van der Waals surface area contributed by atoms with Crippen molar-refractivity contribution in [2.24, 2.45) is 0 Å². The molecular formula is C11H12Br2O4. The Kier molecular flexibility index (Phi) is 5.77. The van der Waals surface area contributed by atoms with Crippen LogP contribution >= 0.6 is 31.9 Å². The number of rotatable bonds is 5. The molecular weight excluding hydrogens is 356 g/mol. The van der Waals surface area contributed by atoms with Gasteiger partial charge in [0.05, 0.1) is 3.74 Å². The fourth-order valence-electron chi connectivity index (χ4n) is 1.39. The summed E-state index contributed by atoms with van der Waals surface area (Å²) in [5, 5.41) is 18.3. The molecule has 0 aliphatic rings. The molecule has 0 amide bonds. The highest BCUT2D eigenvalue weighted by molar-refractivity contribution is 9.24. The van der Waals surface area contributed by atoms with Crippen LogP contribution in [0.2, 0.25) is 0 Å². The maximum atomic E-state index is 10.4. The second kappa shape index (κ2) is 6.86. The standard InChI is InChI=1S/C11H12Br2O4/c12-9(13)6-2-4-7-3-1-5-8(10(7)14)17-11(15)16/h1,3,5,9,14H,2,4,6H2,(H,15,16). The second-order valence-corrected chi connectivity index (χ2v) is 6.85. The highest BCUT2D eigenvalue weighted by atomic mass is 79.9. The van der Waals surface area contributed by atoms with E-state index in [0.717, 1.165) is 12.8 Å². The van der Waals surface area contributed by atoms with Gasteiger partial charge in [0.15, 0.2) is 11.5 Å². The van der Waals surface area contributed by atoms with Crippen LogP contribution in [-0.2, 0) is 6.42 Å². The molecule has 0 saturated heterocycles. The van der Waals surface area contributed by atoms with Gasteiger partial charge in [-0.05, 0) is 30.9 Å². The normalized spacial score (nSPS) is 10.5. The van der Waals surface area contributed by atoms with E-state index in [2.05, 4.69) is 36.6 Å². The highest BCUT2D eigenvalue weighted by Gasteiger charge is 2.11. The van der Waals surface area contributed by atoms with E-state index >= 15 is 0 Å². The number of carbonyl (C=O) groups is 1. The van der Waals surface area contributed by atoms with Gasteiger partial charge >= 0.3 is 6.16 Å². The molecule has 94 valence electrons. The van der Waals surface area contributed by atoms with Crippen LogP contribution in [0.1, 0.15) is 18.4 Å². The fraction of sp³-hybridized carbons (Fsp3) is 0.364. The molecule has 0 aliphatic heterocycles. The summed E-state index contributed by atoms with van der Waals surface area (Å²) in [7, 11) is 0. The smallest absolute Gasteiger partial charge is 0.504 e. The van der Waals surface area contributed by atoms with E-state index in [1.165, 1.54) is 6.07 Å². The monoisotopic (exact) mass is 366 g/mol. The SMILES string of the molecule is O=C(O)Oc1cccc(CCCC(Br)Br)c1O. The number of halogens is 2. The number of aryl methyl sites for hydroxylation is 1. The molecule has 0 aromatic heterocycles. The molecule has 0 radical (unpaired) electrons. The molecule has 0 heterocycles. The molecule has 0 unspecified atom stereocenters. The first-order valence-electron chi connectivity index (χ1n) is 5.00. The average molecular weight is 368 g/mol. The van der Waals surface area contributed by atoms with Gasteiger partial charge in [0.2, 0.25) is 0 Å². The minimum absolute atomic E-state index is 0.0239. The summed E-state index contributed by atoms with van der Waals surface area (Å²) in [5.41, 5.74) is 0.685. The summed E-state index contributed by atoms with van der Waals surface area (Å²) in [4.78, 5) is 10.4. The van der Waals surface area contributed by atoms with Crippen molar-refractivity contribution in [3.63, 3.8) is 0 Å². The zero-order valence-corrected chi connectivity index (χ0v) is 12.1. The van der Waals surface area contributed by atoms with Crippen LogP contribution in [0.5, 0.6) is 11.5 Å². The number of alkyl halides is 2. The van der Waals surface area contributed by atoms with E-state index in [1.807, 2.05) is 0 Å². The van der Waals surface area contributed by atoms with Crippen LogP contribution in [0.3, 0.4) is 0 Å². The van der Waals surface area contributed by atoms with Crippen molar-refractivity contribution >= 4 is 38.0 Å². The second-order valence-electron chi connectivity index (χ2n) is 3.42. The Hall–Kier alpha value is -0.750. The van der Waals surface area contributed by atoms with E-state index < -0.39 is 6.16 Å². The number of benzene rings is 1. The first kappa shape index (κ1) is 14.3. The number of hydrogen-bond acceptors (Lipinski definition) is 3. The minimum Gasteiger partial charge on any atom is -0.504 e. The Labute approximate surface area is 116 Å². The zero-order chi connectivity index (χ0) is 12.8. The number of aromatic hydroxyl groups is 1. The van der Waals surface area contributed by atoms with Crippen LogP contribution in [-0.4, -0.2) is 20.1 Å². The molecule has 17 heavy (non-hydrogen) atoms. The van der Waals surface area contributed by atoms with E-state index in [0.29, 0.717) is 12.0 Å². The topological polar surface area (TPSA) is 66.8 Å². The van der Waals surface area contributed by atoms with E-state index in [1.54, 1.807) is 12.1 Å². The predicted molar refractivity (Wildman–Crippen MR) is 71.3 cm³/mol. The molecule has 0 bridgehead atoms. The number of phenolic OH excluding ortho intramolecular Hbond substituents is 1. The maximum Gasteiger partial charge on any atom is 0.511 e. The van der Waals surface area contributed by atoms with Crippen molar-refractivity contribution in [3.05, 3.63) is 23.8 Å². The lowest BCUT2D eigenvalue weighted by Gasteiger charge is -2.08. The summed E-state index contributed by atoms with van der Waals surface area (Å²) in [6.07, 6.45) is 1.00. The molecule has 1 aromatic rings. The lowest BCUT2D eigenvalue weighted by Crippen LogP contribution is -2.03. The molecule has 0 spiro atoms. The van der Waals surface area contributed by atoms with Crippen molar-refractivity contribution in [1.82, 2.24) is 0 Å². The number of hydrogen-bond donors (Lipinski definition) is 2. The quantitative estimate of drug-likeness (QED) is 0.470. The van der Waals surface area contributed by atoms with Crippen LogP contribution in [0.25, 0.3) is 0 Å². The van der Waals surface area contributed by atoms with Crippen molar-refractivity contribution in [1.29, 1.82) is 0 Å². The van der Waals surface area contributed by atoms with Crippen molar-refractivity contribution in [2.45, 2.75) is 23.0 Å². The van der Waals surface area contributed by atoms with Gasteiger partial charge in [-0.15, -0.1) is 0 Å². The van der Waals surface area contributed by atoms with Crippen LogP contribution in [0.4, 0.5) is 4.79 Å². The van der Waals surface area contributed by atoms with E-state index in [4.69, 9.17) is 5.11 Å². The van der Waals surface area contributed by atoms with Gasteiger partial charge in [-0.1, -0.05) is 44.0 Å². The Morgan fingerprint density at radius 2 is 2.12 bits per heavy atom. The van der Waals surface area contributed by atoms with Gasteiger partial charge in [0, 0.05) is 0 Å². The lowest BCUT2D eigenvalue weighted by atomic mass is 10.1. The third-order valence-corrected chi connectivity index (χ3v) is 3.06. The molecule has 0 fully saturated rings. The molecule has 0 atom stereocenters. The first-order chi connectivity index (χ1) is 8.00. The van der Waals surface area contributed by atoms with Crippen molar-refractivity contribution < 1.29 is 19.7 Å². The number of para-hydroxylation sites is 1. The fourth-order valence-corrected chi connectivity index (χ4v) is 2.04. The Morgan fingerprint density at radius 3 is 2.71 bits per heavy atom. The zero-order valence-electron chi connectivity index (χ0n) is 8.90. The van der Waals surface area contributed by atoms with Gasteiger partial charge in [-0.2, -0.15) is 0 Å². The predicted octanol–water partition coefficient (Wildman–Crippen LogP) is 3.89. The summed E-state index contributed by atoms with van der Waals surface area (Å²) in [6.45, 7) is 0. The van der Waals surface area contributed by atoms with Crippen LogP contribution in [0.15, 0.2) is 18.2 Å². The summed E-state index contributed by atoms with van der Waals surface area (Å²) in [5.74, 6) is -0.125. The average Bonchev–Trinajstić information content (AvgIpc) is 2.22. The maximum absolute atomic E-state index is 10.4. The van der Waals surface area contributed by atoms with Gasteiger partial charge in [0.25, 0.3) is 0 Å². The number of phenols is 1. The Morgan fingerprint density at radius 1 is 1.41 bits per heavy atom. The molecule has 1 rings (SSSR count). The molecule has 1 aromatic carbocycles. The summed E-state index contributed by atoms with van der Waals surface area (Å²) in [6, 6.07) is 4.83. The van der Waals surface area contributed by atoms with Gasteiger partial charge < -0.3 is 14.9 Å². The number of carboxylic acid groups (broad SMARTS) is 1. The first-order valence-corrected chi connectivity index (χ1v) is 6.83. The molecule has 4 nitrogen and oxygen atoms in total. The van der Waals surface area contributed by atoms with Crippen LogP contribution in [0, 0.1) is 0 Å². The number of ether oxygens (including phenoxy) is 1. The lowest BCUT2D eigenvalue weighted by molar-refractivity contribution is 0.143. The third-order valence-electron chi connectivity index (χ3n) is 2.15. The third kappa shape index (κ3) is 4.95. The molecule has 0 aliphatic carbocycles. The van der Waals surface area contributed by atoms with E-state index in [-0.39, 0.29) is 15.2 Å². The van der Waals surface area contributed by atoms with Crippen molar-refractivity contribution in [3.8, 4) is 11.5 Å². The summed E-state index contributed by atoms with van der Waals surface area (Å²) >= 11 is 6.73. The minimum atomic E-state index is -1.43. The van der Waals surface area contributed by atoms with Crippen LogP contribution < -0.4 is 4.74 Å². The van der Waals surface area contributed by atoms with Gasteiger partial charge in [0.1, 0.15) is 0 Å². The van der Waals surface area contributed by atoms with Gasteiger partial charge in [-0.3, -0.25) is 0 Å². The molecule has 0 saturated carbocycles. The molecule has 6 heteroatoms. The van der Waals surface area contributed by atoms with E-state index in [9.17, 15) is 9.90 Å². The highest BCUT2D eigenvalue weighted by Crippen LogP contribution is 2.31.